The van der Waals surface area contributed by atoms with Gasteiger partial charge in [0.25, 0.3) is 0 Å². The number of halogens is 1. The predicted molar refractivity (Wildman–Crippen MR) is 72.9 cm³/mol. The van der Waals surface area contributed by atoms with Gasteiger partial charge in [-0.15, -0.1) is 0 Å². The Morgan fingerprint density at radius 2 is 2.06 bits per heavy atom. The summed E-state index contributed by atoms with van der Waals surface area (Å²) in [5, 5.41) is 13.0. The van der Waals surface area contributed by atoms with Crippen molar-refractivity contribution < 1.29 is 5.11 Å². The zero-order valence-electron chi connectivity index (χ0n) is 9.95. The molecule has 0 aliphatic carbocycles. The molecule has 0 aromatic carbocycles. The van der Waals surface area contributed by atoms with Gasteiger partial charge in [-0.2, -0.15) is 0 Å². The molecule has 96 valence electrons. The zero-order chi connectivity index (χ0) is 12.5. The Morgan fingerprint density at radius 1 is 1.29 bits per heavy atom. The highest BCUT2D eigenvalue weighted by Crippen LogP contribution is 2.17. The Bertz CT molecular complexity index is 338. The van der Waals surface area contributed by atoms with Crippen molar-refractivity contribution in [1.82, 2.24) is 9.97 Å². The molecule has 0 spiro atoms. The summed E-state index contributed by atoms with van der Waals surface area (Å²) < 4.78 is 0. The van der Waals surface area contributed by atoms with Crippen LogP contribution in [0.1, 0.15) is 25.7 Å². The fourth-order valence-corrected chi connectivity index (χ4v) is 2.00. The number of aromatic nitrogens is 2. The number of rotatable bonds is 8. The maximum absolute atomic E-state index is 8.64. The largest absolute Gasteiger partial charge is 0.396 e. The van der Waals surface area contributed by atoms with Gasteiger partial charge in [0, 0.05) is 19.2 Å². The highest BCUT2D eigenvalue weighted by atomic mass is 35.5. The van der Waals surface area contributed by atoms with Crippen LogP contribution in [0.3, 0.4) is 0 Å². The Hall–Kier alpha value is -0.520. The van der Waals surface area contributed by atoms with Gasteiger partial charge in [-0.25, -0.2) is 9.97 Å². The number of hydrogen-bond donors (Lipinski definition) is 2. The van der Waals surface area contributed by atoms with Crippen molar-refractivity contribution in [1.29, 1.82) is 0 Å². The van der Waals surface area contributed by atoms with E-state index in [2.05, 4.69) is 15.3 Å². The van der Waals surface area contributed by atoms with Crippen molar-refractivity contribution in [2.45, 2.75) is 30.8 Å². The van der Waals surface area contributed by atoms with E-state index in [1.807, 2.05) is 6.26 Å². The molecule has 1 aromatic heterocycles. The molecule has 6 heteroatoms. The van der Waals surface area contributed by atoms with Crippen molar-refractivity contribution in [3.63, 3.8) is 0 Å². The van der Waals surface area contributed by atoms with Crippen LogP contribution in [-0.4, -0.2) is 34.5 Å². The molecule has 0 unspecified atom stereocenters. The summed E-state index contributed by atoms with van der Waals surface area (Å²) in [5.74, 6) is 0.775. The van der Waals surface area contributed by atoms with Crippen LogP contribution in [0.2, 0.25) is 5.15 Å². The fraction of sp³-hybridized carbons (Fsp3) is 0.636. The van der Waals surface area contributed by atoms with E-state index in [0.29, 0.717) is 10.3 Å². The van der Waals surface area contributed by atoms with Gasteiger partial charge in [0.05, 0.1) is 0 Å². The number of aliphatic hydroxyl groups excluding tert-OH is 1. The molecule has 0 saturated carbocycles. The third kappa shape index (κ3) is 6.10. The van der Waals surface area contributed by atoms with E-state index in [1.54, 1.807) is 6.07 Å². The third-order valence-electron chi connectivity index (χ3n) is 2.25. The summed E-state index contributed by atoms with van der Waals surface area (Å²) in [6.07, 6.45) is 6.05. The van der Waals surface area contributed by atoms with Crippen molar-refractivity contribution in [3.05, 3.63) is 11.2 Å². The van der Waals surface area contributed by atoms with Crippen LogP contribution in [-0.2, 0) is 0 Å². The minimum absolute atomic E-state index is 0.284. The van der Waals surface area contributed by atoms with E-state index in [-0.39, 0.29) is 6.61 Å². The molecule has 0 amide bonds. The topological polar surface area (TPSA) is 58.0 Å². The molecular formula is C11H18ClN3OS. The average Bonchev–Trinajstić information content (AvgIpc) is 2.33. The molecule has 0 saturated heterocycles. The van der Waals surface area contributed by atoms with E-state index in [4.69, 9.17) is 16.7 Å². The average molecular weight is 276 g/mol. The Balaban J connectivity index is 2.28. The first-order valence-corrected chi connectivity index (χ1v) is 7.30. The van der Waals surface area contributed by atoms with Gasteiger partial charge in [-0.3, -0.25) is 0 Å². The highest BCUT2D eigenvalue weighted by molar-refractivity contribution is 7.98. The standard InChI is InChI=1S/C11H18ClN3OS/c1-17-11-14-9(12)8-10(15-11)13-6-4-2-3-5-7-16/h8,16H,2-7H2,1H3,(H,13,14,15). The molecule has 0 atom stereocenters. The maximum atomic E-state index is 8.64. The first-order valence-electron chi connectivity index (χ1n) is 5.69. The normalized spacial score (nSPS) is 10.5. The van der Waals surface area contributed by atoms with Gasteiger partial charge < -0.3 is 10.4 Å². The number of anilines is 1. The first kappa shape index (κ1) is 14.5. The van der Waals surface area contributed by atoms with Crippen LogP contribution in [0.25, 0.3) is 0 Å². The van der Waals surface area contributed by atoms with E-state index in [1.165, 1.54) is 11.8 Å². The number of nitrogens with one attached hydrogen (secondary N) is 1. The van der Waals surface area contributed by atoms with Crippen molar-refractivity contribution in [2.75, 3.05) is 24.7 Å². The minimum Gasteiger partial charge on any atom is -0.396 e. The van der Waals surface area contributed by atoms with Gasteiger partial charge in [-0.05, 0) is 19.1 Å². The second-order valence-electron chi connectivity index (χ2n) is 3.63. The molecule has 1 aromatic rings. The number of unbranched alkanes of at least 4 members (excludes halogenated alkanes) is 3. The lowest BCUT2D eigenvalue weighted by molar-refractivity contribution is 0.283. The van der Waals surface area contributed by atoms with Crippen LogP contribution < -0.4 is 5.32 Å². The lowest BCUT2D eigenvalue weighted by Crippen LogP contribution is -2.04. The maximum Gasteiger partial charge on any atom is 0.190 e. The number of hydrogen-bond acceptors (Lipinski definition) is 5. The molecule has 0 fully saturated rings. The Morgan fingerprint density at radius 3 is 2.76 bits per heavy atom. The summed E-state index contributed by atoms with van der Waals surface area (Å²) in [7, 11) is 0. The molecule has 4 nitrogen and oxygen atoms in total. The van der Waals surface area contributed by atoms with Crippen LogP contribution in [0.4, 0.5) is 5.82 Å². The Kier molecular flexibility index (Phi) is 7.32. The number of nitrogens with zero attached hydrogens (tertiary/aromatic N) is 2. The summed E-state index contributed by atoms with van der Waals surface area (Å²) in [6, 6.07) is 1.73. The van der Waals surface area contributed by atoms with Crippen molar-refractivity contribution in [3.8, 4) is 0 Å². The highest BCUT2D eigenvalue weighted by Gasteiger charge is 2.01. The van der Waals surface area contributed by atoms with Crippen molar-refractivity contribution >= 4 is 29.2 Å². The second-order valence-corrected chi connectivity index (χ2v) is 4.79. The summed E-state index contributed by atoms with van der Waals surface area (Å²) in [4.78, 5) is 8.37. The lowest BCUT2D eigenvalue weighted by atomic mass is 10.2. The summed E-state index contributed by atoms with van der Waals surface area (Å²) in [6.45, 7) is 1.15. The minimum atomic E-state index is 0.284. The van der Waals surface area contributed by atoms with Gasteiger partial charge in [0.1, 0.15) is 11.0 Å². The molecule has 1 heterocycles. The molecule has 0 radical (unpaired) electrons. The monoisotopic (exact) mass is 275 g/mol. The van der Waals surface area contributed by atoms with Gasteiger partial charge in [0.15, 0.2) is 5.16 Å². The summed E-state index contributed by atoms with van der Waals surface area (Å²) in [5.41, 5.74) is 0. The van der Waals surface area contributed by atoms with E-state index in [9.17, 15) is 0 Å². The van der Waals surface area contributed by atoms with Crippen molar-refractivity contribution in [2.24, 2.45) is 0 Å². The summed E-state index contributed by atoms with van der Waals surface area (Å²) >= 11 is 7.35. The lowest BCUT2D eigenvalue weighted by Gasteiger charge is -2.06. The van der Waals surface area contributed by atoms with Gasteiger partial charge in [0.2, 0.25) is 0 Å². The molecule has 1 rings (SSSR count). The number of aliphatic hydroxyl groups is 1. The number of thioether (sulfide) groups is 1. The smallest absolute Gasteiger partial charge is 0.190 e. The third-order valence-corrected chi connectivity index (χ3v) is 2.99. The molecule has 2 N–H and O–H groups in total. The Labute approximate surface area is 111 Å². The SMILES string of the molecule is CSc1nc(Cl)cc(NCCCCCCO)n1. The van der Waals surface area contributed by atoms with Crippen LogP contribution in [0.15, 0.2) is 11.2 Å². The fourth-order valence-electron chi connectivity index (χ4n) is 1.39. The van der Waals surface area contributed by atoms with E-state index in [0.717, 1.165) is 38.0 Å². The quantitative estimate of drug-likeness (QED) is 0.331. The van der Waals surface area contributed by atoms with Gasteiger partial charge >= 0.3 is 0 Å². The molecule has 0 bridgehead atoms. The van der Waals surface area contributed by atoms with Crippen LogP contribution >= 0.6 is 23.4 Å². The molecule has 17 heavy (non-hydrogen) atoms. The van der Waals surface area contributed by atoms with E-state index < -0.39 is 0 Å². The molecular weight excluding hydrogens is 258 g/mol. The molecule has 0 aliphatic heterocycles. The predicted octanol–water partition coefficient (Wildman–Crippen LogP) is 2.82. The zero-order valence-corrected chi connectivity index (χ0v) is 11.5. The van der Waals surface area contributed by atoms with Crippen LogP contribution in [0, 0.1) is 0 Å². The first-order chi connectivity index (χ1) is 8.26. The van der Waals surface area contributed by atoms with Crippen LogP contribution in [0.5, 0.6) is 0 Å². The second kappa shape index (κ2) is 8.55. The van der Waals surface area contributed by atoms with E-state index >= 15 is 0 Å². The molecule has 0 aliphatic rings. The van der Waals surface area contributed by atoms with Gasteiger partial charge in [-0.1, -0.05) is 36.2 Å².